The van der Waals surface area contributed by atoms with E-state index in [1.807, 2.05) is 0 Å². The van der Waals surface area contributed by atoms with Gasteiger partial charge in [0.25, 0.3) is 0 Å². The van der Waals surface area contributed by atoms with Gasteiger partial charge in [-0.2, -0.15) is 0 Å². The predicted octanol–water partition coefficient (Wildman–Crippen LogP) is 3.62. The van der Waals surface area contributed by atoms with Gasteiger partial charge >= 0.3 is 0 Å². The quantitative estimate of drug-likeness (QED) is 0.886. The predicted molar refractivity (Wildman–Crippen MR) is 75.5 cm³/mol. The van der Waals surface area contributed by atoms with Crippen LogP contribution in [0.15, 0.2) is 42.6 Å². The van der Waals surface area contributed by atoms with Crippen LogP contribution in [0.3, 0.4) is 0 Å². The highest BCUT2D eigenvalue weighted by molar-refractivity contribution is 5.30. The molecule has 0 aliphatic carbocycles. The molecule has 1 unspecified atom stereocenters. The molecule has 100 valence electrons. The van der Waals surface area contributed by atoms with Gasteiger partial charge in [0.05, 0.1) is 17.9 Å². The minimum absolute atomic E-state index is 0.0150. The Bertz CT molecular complexity index is 460. The highest BCUT2D eigenvalue weighted by Gasteiger charge is 2.14. The fourth-order valence-corrected chi connectivity index (χ4v) is 2.00. The zero-order valence-corrected chi connectivity index (χ0v) is 11.4. The van der Waals surface area contributed by atoms with Crippen molar-refractivity contribution in [1.29, 1.82) is 0 Å². The summed E-state index contributed by atoms with van der Waals surface area (Å²) in [6.45, 7) is 5.09. The summed E-state index contributed by atoms with van der Waals surface area (Å²) in [4.78, 5) is 4.19. The number of aryl methyl sites for hydroxylation is 1. The van der Waals surface area contributed by atoms with Crippen molar-refractivity contribution in [3.8, 4) is 0 Å². The fourth-order valence-electron chi connectivity index (χ4n) is 2.00. The summed E-state index contributed by atoms with van der Waals surface area (Å²) < 4.78 is 13.0. The number of hydrogen-bond donors (Lipinski definition) is 1. The van der Waals surface area contributed by atoms with E-state index in [2.05, 4.69) is 48.4 Å². The highest BCUT2D eigenvalue weighted by atomic mass is 19.1. The zero-order valence-electron chi connectivity index (χ0n) is 11.4. The Morgan fingerprint density at radius 2 is 1.89 bits per heavy atom. The second kappa shape index (κ2) is 6.43. The second-order valence-electron chi connectivity index (χ2n) is 4.70. The van der Waals surface area contributed by atoms with Crippen molar-refractivity contribution in [1.82, 2.24) is 10.3 Å². The lowest BCUT2D eigenvalue weighted by Crippen LogP contribution is -2.24. The van der Waals surface area contributed by atoms with Gasteiger partial charge in [0, 0.05) is 0 Å². The third-order valence-electron chi connectivity index (χ3n) is 3.06. The van der Waals surface area contributed by atoms with Crippen LogP contribution < -0.4 is 5.32 Å². The zero-order chi connectivity index (χ0) is 13.7. The third-order valence-corrected chi connectivity index (χ3v) is 3.06. The number of hydrogen-bond acceptors (Lipinski definition) is 2. The van der Waals surface area contributed by atoms with Crippen LogP contribution in [0.4, 0.5) is 4.39 Å². The molecule has 0 aliphatic heterocycles. The Morgan fingerprint density at radius 3 is 2.47 bits per heavy atom. The second-order valence-corrected chi connectivity index (χ2v) is 4.70. The SMILES string of the molecule is CCCNC(c1ccc(C)cc1)c1ccc(F)cn1. The number of benzene rings is 1. The lowest BCUT2D eigenvalue weighted by atomic mass is 10.0. The van der Waals surface area contributed by atoms with Crippen molar-refractivity contribution >= 4 is 0 Å². The van der Waals surface area contributed by atoms with E-state index in [-0.39, 0.29) is 11.9 Å². The summed E-state index contributed by atoms with van der Waals surface area (Å²) in [5.41, 5.74) is 3.22. The number of pyridine rings is 1. The van der Waals surface area contributed by atoms with Crippen LogP contribution in [-0.2, 0) is 0 Å². The minimum atomic E-state index is -0.304. The first-order valence-electron chi connectivity index (χ1n) is 6.62. The smallest absolute Gasteiger partial charge is 0.141 e. The summed E-state index contributed by atoms with van der Waals surface area (Å²) in [5.74, 6) is -0.304. The average molecular weight is 258 g/mol. The van der Waals surface area contributed by atoms with Crippen molar-refractivity contribution in [3.63, 3.8) is 0 Å². The van der Waals surface area contributed by atoms with E-state index in [9.17, 15) is 4.39 Å². The Balaban J connectivity index is 2.29. The van der Waals surface area contributed by atoms with Gasteiger partial charge in [-0.1, -0.05) is 36.8 Å². The van der Waals surface area contributed by atoms with E-state index in [4.69, 9.17) is 0 Å². The number of halogens is 1. The summed E-state index contributed by atoms with van der Waals surface area (Å²) in [6.07, 6.45) is 2.31. The standard InChI is InChI=1S/C16H19FN2/c1-3-10-18-16(13-6-4-12(2)5-7-13)15-9-8-14(17)11-19-15/h4-9,11,16,18H,3,10H2,1-2H3. The van der Waals surface area contributed by atoms with Crippen molar-refractivity contribution in [3.05, 3.63) is 65.2 Å². The van der Waals surface area contributed by atoms with Gasteiger partial charge in [-0.05, 0) is 37.6 Å². The van der Waals surface area contributed by atoms with E-state index in [0.717, 1.165) is 24.2 Å². The van der Waals surface area contributed by atoms with E-state index in [1.54, 1.807) is 6.07 Å². The summed E-state index contributed by atoms with van der Waals surface area (Å²) >= 11 is 0. The van der Waals surface area contributed by atoms with Crippen molar-refractivity contribution in [2.24, 2.45) is 0 Å². The van der Waals surface area contributed by atoms with Gasteiger partial charge in [0.2, 0.25) is 0 Å². The monoisotopic (exact) mass is 258 g/mol. The van der Waals surface area contributed by atoms with Crippen LogP contribution >= 0.6 is 0 Å². The molecule has 0 amide bonds. The van der Waals surface area contributed by atoms with Crippen LogP contribution in [0.2, 0.25) is 0 Å². The molecule has 1 heterocycles. The molecule has 1 N–H and O–H groups in total. The molecule has 1 atom stereocenters. The molecule has 0 bridgehead atoms. The minimum Gasteiger partial charge on any atom is -0.305 e. The van der Waals surface area contributed by atoms with Crippen LogP contribution in [-0.4, -0.2) is 11.5 Å². The molecule has 2 aromatic rings. The molecule has 1 aromatic carbocycles. The van der Waals surface area contributed by atoms with Crippen LogP contribution in [0, 0.1) is 12.7 Å². The van der Waals surface area contributed by atoms with E-state index >= 15 is 0 Å². The van der Waals surface area contributed by atoms with Crippen LogP contribution in [0.1, 0.15) is 36.2 Å². The van der Waals surface area contributed by atoms with Gasteiger partial charge in [0.1, 0.15) is 5.82 Å². The number of rotatable bonds is 5. The summed E-state index contributed by atoms with van der Waals surface area (Å²) in [5, 5.41) is 3.46. The number of aromatic nitrogens is 1. The van der Waals surface area contributed by atoms with E-state index in [1.165, 1.54) is 17.8 Å². The van der Waals surface area contributed by atoms with E-state index < -0.39 is 0 Å². The first-order chi connectivity index (χ1) is 9.20. The first kappa shape index (κ1) is 13.7. The molecule has 1 aromatic heterocycles. The third kappa shape index (κ3) is 3.61. The van der Waals surface area contributed by atoms with Crippen molar-refractivity contribution in [2.45, 2.75) is 26.3 Å². The molecular weight excluding hydrogens is 239 g/mol. The maximum absolute atomic E-state index is 13.0. The molecular formula is C16H19FN2. The molecule has 0 fully saturated rings. The number of nitrogens with zero attached hydrogens (tertiary/aromatic N) is 1. The fraction of sp³-hybridized carbons (Fsp3) is 0.312. The van der Waals surface area contributed by atoms with Crippen LogP contribution in [0.5, 0.6) is 0 Å². The number of nitrogens with one attached hydrogen (secondary N) is 1. The molecule has 0 spiro atoms. The van der Waals surface area contributed by atoms with Crippen molar-refractivity contribution in [2.75, 3.05) is 6.54 Å². The Hall–Kier alpha value is -1.74. The Labute approximate surface area is 113 Å². The lowest BCUT2D eigenvalue weighted by Gasteiger charge is -2.18. The largest absolute Gasteiger partial charge is 0.305 e. The highest BCUT2D eigenvalue weighted by Crippen LogP contribution is 2.21. The van der Waals surface area contributed by atoms with Crippen LogP contribution in [0.25, 0.3) is 0 Å². The molecule has 0 saturated carbocycles. The topological polar surface area (TPSA) is 24.9 Å². The molecule has 2 rings (SSSR count). The Morgan fingerprint density at radius 1 is 1.16 bits per heavy atom. The summed E-state index contributed by atoms with van der Waals surface area (Å²) in [6, 6.07) is 11.6. The van der Waals surface area contributed by atoms with Gasteiger partial charge in [-0.15, -0.1) is 0 Å². The lowest BCUT2D eigenvalue weighted by molar-refractivity contribution is 0.576. The molecule has 3 heteroatoms. The molecule has 0 aliphatic rings. The molecule has 0 radical (unpaired) electrons. The average Bonchev–Trinajstić information content (AvgIpc) is 2.43. The Kier molecular flexibility index (Phi) is 4.63. The van der Waals surface area contributed by atoms with E-state index in [0.29, 0.717) is 0 Å². The van der Waals surface area contributed by atoms with Gasteiger partial charge < -0.3 is 5.32 Å². The maximum atomic E-state index is 13.0. The van der Waals surface area contributed by atoms with Crippen molar-refractivity contribution < 1.29 is 4.39 Å². The first-order valence-corrected chi connectivity index (χ1v) is 6.62. The molecule has 2 nitrogen and oxygen atoms in total. The maximum Gasteiger partial charge on any atom is 0.141 e. The van der Waals surface area contributed by atoms with Gasteiger partial charge in [-0.25, -0.2) is 4.39 Å². The van der Waals surface area contributed by atoms with Gasteiger partial charge in [0.15, 0.2) is 0 Å². The molecule has 19 heavy (non-hydrogen) atoms. The summed E-state index contributed by atoms with van der Waals surface area (Å²) in [7, 11) is 0. The van der Waals surface area contributed by atoms with Gasteiger partial charge in [-0.3, -0.25) is 4.98 Å². The normalized spacial score (nSPS) is 12.4. The molecule has 0 saturated heterocycles.